The van der Waals surface area contributed by atoms with Crippen LogP contribution in [0.25, 0.3) is 0 Å². The molecular weight excluding hydrogens is 622 g/mol. The van der Waals surface area contributed by atoms with Crippen molar-refractivity contribution in [2.24, 2.45) is 0 Å². The summed E-state index contributed by atoms with van der Waals surface area (Å²) in [6.07, 6.45) is 0.330. The number of carbonyl (C=O) groups is 2. The average Bonchev–Trinajstić information content (AvgIpc) is 2.96. The number of hydrogen-bond donors (Lipinski definition) is 1. The second kappa shape index (κ2) is 15.1. The van der Waals surface area contributed by atoms with Crippen LogP contribution in [0.15, 0.2) is 82.2 Å². The van der Waals surface area contributed by atoms with Crippen molar-refractivity contribution in [3.8, 4) is 11.5 Å². The number of halogens is 1. The normalized spacial score (nSPS) is 12.0. The van der Waals surface area contributed by atoms with Crippen molar-refractivity contribution in [1.82, 2.24) is 10.2 Å². The third kappa shape index (κ3) is 8.48. The molecule has 0 aliphatic heterocycles. The molecule has 11 heteroatoms. The molecule has 0 aliphatic carbocycles. The maximum Gasteiger partial charge on any atom is 0.264 e. The highest BCUT2D eigenvalue weighted by molar-refractivity contribution is 9.10. The van der Waals surface area contributed by atoms with Gasteiger partial charge in [-0.2, -0.15) is 0 Å². The van der Waals surface area contributed by atoms with Crippen LogP contribution >= 0.6 is 15.9 Å². The first kappa shape index (κ1) is 32.9. The first-order valence-electron chi connectivity index (χ1n) is 13.7. The summed E-state index contributed by atoms with van der Waals surface area (Å²) in [6, 6.07) is 19.0. The fourth-order valence-corrected chi connectivity index (χ4v) is 6.08. The Morgan fingerprint density at radius 3 is 2.19 bits per heavy atom. The molecule has 42 heavy (non-hydrogen) atoms. The average molecular weight is 661 g/mol. The van der Waals surface area contributed by atoms with Gasteiger partial charge in [-0.25, -0.2) is 8.42 Å². The molecule has 0 saturated carbocycles. The molecule has 0 radical (unpaired) electrons. The second-order valence-corrected chi connectivity index (χ2v) is 12.6. The molecule has 0 spiro atoms. The van der Waals surface area contributed by atoms with Gasteiger partial charge < -0.3 is 19.7 Å². The van der Waals surface area contributed by atoms with E-state index in [4.69, 9.17) is 9.47 Å². The Balaban J connectivity index is 2.07. The van der Waals surface area contributed by atoms with E-state index in [9.17, 15) is 18.0 Å². The fourth-order valence-electron chi connectivity index (χ4n) is 4.41. The molecule has 1 unspecified atom stereocenters. The number of benzene rings is 3. The number of nitrogens with zero attached hydrogens (tertiary/aromatic N) is 2. The molecule has 3 aromatic carbocycles. The minimum atomic E-state index is -4.18. The minimum absolute atomic E-state index is 0.0244. The van der Waals surface area contributed by atoms with E-state index in [-0.39, 0.29) is 29.1 Å². The SMILES string of the molecule is CCOc1ccc(N(CC(=O)N(Cc2cccc(OC)c2)C(CC)C(=O)NC(C)C)S(=O)(=O)c2ccc(Br)cc2)cc1. The topological polar surface area (TPSA) is 105 Å². The highest BCUT2D eigenvalue weighted by Gasteiger charge is 2.34. The second-order valence-electron chi connectivity index (χ2n) is 9.85. The van der Waals surface area contributed by atoms with Gasteiger partial charge >= 0.3 is 0 Å². The van der Waals surface area contributed by atoms with Gasteiger partial charge in [0, 0.05) is 17.1 Å². The summed E-state index contributed by atoms with van der Waals surface area (Å²) < 4.78 is 40.6. The quantitative estimate of drug-likeness (QED) is 0.249. The Labute approximate surface area is 257 Å². The molecule has 2 amide bonds. The number of rotatable bonds is 14. The van der Waals surface area contributed by atoms with Gasteiger partial charge in [-0.3, -0.25) is 13.9 Å². The fraction of sp³-hybridized carbons (Fsp3) is 0.355. The molecule has 1 N–H and O–H groups in total. The van der Waals surface area contributed by atoms with E-state index in [0.29, 0.717) is 24.5 Å². The molecule has 0 aliphatic rings. The summed E-state index contributed by atoms with van der Waals surface area (Å²) in [7, 11) is -2.63. The molecule has 226 valence electrons. The molecule has 9 nitrogen and oxygen atoms in total. The summed E-state index contributed by atoms with van der Waals surface area (Å²) >= 11 is 3.34. The molecular formula is C31H38BrN3O6S. The molecule has 0 saturated heterocycles. The van der Waals surface area contributed by atoms with Gasteiger partial charge in [0.2, 0.25) is 11.8 Å². The molecule has 3 aromatic rings. The van der Waals surface area contributed by atoms with Crippen molar-refractivity contribution < 1.29 is 27.5 Å². The Kier molecular flexibility index (Phi) is 11.8. The standard InChI is InChI=1S/C31H38BrN3O6S/c1-6-29(31(37)33-22(3)4)34(20-23-9-8-10-27(19-23)40-5)30(36)21-35(25-13-15-26(16-14-25)41-7-2)42(38,39)28-17-11-24(32)12-18-28/h8-19,22,29H,6-7,20-21H2,1-5H3,(H,33,37). The molecule has 1 atom stereocenters. The summed E-state index contributed by atoms with van der Waals surface area (Å²) in [5, 5.41) is 2.89. The Hall–Kier alpha value is -3.57. The molecule has 0 fully saturated rings. The largest absolute Gasteiger partial charge is 0.497 e. The summed E-state index contributed by atoms with van der Waals surface area (Å²) in [5.41, 5.74) is 1.03. The molecule has 0 heterocycles. The number of nitrogens with one attached hydrogen (secondary N) is 1. The minimum Gasteiger partial charge on any atom is -0.497 e. The Bertz CT molecular complexity index is 1450. The zero-order valence-electron chi connectivity index (χ0n) is 24.5. The smallest absolute Gasteiger partial charge is 0.264 e. The Morgan fingerprint density at radius 2 is 1.62 bits per heavy atom. The van der Waals surface area contributed by atoms with E-state index in [0.717, 1.165) is 14.3 Å². The van der Waals surface area contributed by atoms with Crippen molar-refractivity contribution in [3.05, 3.63) is 82.8 Å². The third-order valence-electron chi connectivity index (χ3n) is 6.42. The Morgan fingerprint density at radius 1 is 0.952 bits per heavy atom. The van der Waals surface area contributed by atoms with Crippen molar-refractivity contribution in [2.75, 3.05) is 24.6 Å². The number of ether oxygens (including phenoxy) is 2. The first-order chi connectivity index (χ1) is 20.0. The van der Waals surface area contributed by atoms with Crippen molar-refractivity contribution >= 4 is 43.5 Å². The molecule has 0 bridgehead atoms. The van der Waals surface area contributed by atoms with Crippen molar-refractivity contribution in [1.29, 1.82) is 0 Å². The van der Waals surface area contributed by atoms with Crippen LogP contribution in [0.5, 0.6) is 11.5 Å². The van der Waals surface area contributed by atoms with Gasteiger partial charge in [0.05, 0.1) is 24.3 Å². The highest BCUT2D eigenvalue weighted by Crippen LogP contribution is 2.28. The van der Waals surface area contributed by atoms with E-state index in [1.165, 1.54) is 17.0 Å². The number of carbonyl (C=O) groups excluding carboxylic acids is 2. The van der Waals surface area contributed by atoms with Crippen LogP contribution in [-0.2, 0) is 26.2 Å². The number of amides is 2. The summed E-state index contributed by atoms with van der Waals surface area (Å²) in [5.74, 6) is 0.336. The van der Waals surface area contributed by atoms with Gasteiger partial charge in [0.1, 0.15) is 24.1 Å². The van der Waals surface area contributed by atoms with Crippen LogP contribution in [0.4, 0.5) is 5.69 Å². The van der Waals surface area contributed by atoms with Crippen LogP contribution in [0.3, 0.4) is 0 Å². The van der Waals surface area contributed by atoms with E-state index >= 15 is 0 Å². The maximum absolute atomic E-state index is 14.2. The van der Waals surface area contributed by atoms with Crippen LogP contribution in [-0.4, -0.2) is 57.5 Å². The lowest BCUT2D eigenvalue weighted by Gasteiger charge is -2.33. The van der Waals surface area contributed by atoms with Crippen molar-refractivity contribution in [2.45, 2.75) is 57.6 Å². The van der Waals surface area contributed by atoms with E-state index in [2.05, 4.69) is 21.2 Å². The van der Waals surface area contributed by atoms with Gasteiger partial charge in [0.25, 0.3) is 10.0 Å². The van der Waals surface area contributed by atoms with Crippen LogP contribution < -0.4 is 19.1 Å². The van der Waals surface area contributed by atoms with Gasteiger partial charge in [-0.15, -0.1) is 0 Å². The predicted octanol–water partition coefficient (Wildman–Crippen LogP) is 5.38. The number of sulfonamides is 1. The van der Waals surface area contributed by atoms with Crippen molar-refractivity contribution in [3.63, 3.8) is 0 Å². The lowest BCUT2D eigenvalue weighted by atomic mass is 10.1. The van der Waals surface area contributed by atoms with Gasteiger partial charge in [-0.1, -0.05) is 35.0 Å². The number of hydrogen-bond acceptors (Lipinski definition) is 6. The molecule has 0 aromatic heterocycles. The predicted molar refractivity (Wildman–Crippen MR) is 167 cm³/mol. The van der Waals surface area contributed by atoms with Crippen LogP contribution in [0, 0.1) is 0 Å². The zero-order valence-corrected chi connectivity index (χ0v) is 26.9. The van der Waals surface area contributed by atoms with Gasteiger partial charge in [-0.05, 0) is 93.4 Å². The molecule has 3 rings (SSSR count). The van der Waals surface area contributed by atoms with Crippen LogP contribution in [0.1, 0.15) is 39.7 Å². The summed E-state index contributed by atoms with van der Waals surface area (Å²) in [4.78, 5) is 28.9. The summed E-state index contributed by atoms with van der Waals surface area (Å²) in [6.45, 7) is 7.37. The third-order valence-corrected chi connectivity index (χ3v) is 8.74. The number of methoxy groups -OCH3 is 1. The highest BCUT2D eigenvalue weighted by atomic mass is 79.9. The van der Waals surface area contributed by atoms with E-state index in [1.54, 1.807) is 61.7 Å². The van der Waals surface area contributed by atoms with Crippen LogP contribution in [0.2, 0.25) is 0 Å². The van der Waals surface area contributed by atoms with E-state index in [1.807, 2.05) is 33.8 Å². The lowest BCUT2D eigenvalue weighted by Crippen LogP contribution is -2.53. The monoisotopic (exact) mass is 659 g/mol. The van der Waals surface area contributed by atoms with Gasteiger partial charge in [0.15, 0.2) is 0 Å². The first-order valence-corrected chi connectivity index (χ1v) is 16.0. The number of anilines is 1. The van der Waals surface area contributed by atoms with E-state index < -0.39 is 28.5 Å². The maximum atomic E-state index is 14.2. The zero-order chi connectivity index (χ0) is 30.9. The lowest BCUT2D eigenvalue weighted by molar-refractivity contribution is -0.140.